The summed E-state index contributed by atoms with van der Waals surface area (Å²) in [5, 5.41) is 16.2. The van der Waals surface area contributed by atoms with E-state index in [-0.39, 0.29) is 24.8 Å². The molecule has 0 aliphatic carbocycles. The standard InChI is InChI=1S/C27H26Cl2N6O2/c28-21-11-10-20(15-22(21)29)35-26(16-23(34-35)19-8-4-12-32-17-19)37-13-5-9-25(36)33-24(27(30)31)14-18-6-2-1-3-7-18/h1-4,6-8,10-12,15-17,24H,5,9,13-14H2,(H3,30,31)(H,33,36)/t24-/m0/s1. The molecule has 0 bridgehead atoms. The summed E-state index contributed by atoms with van der Waals surface area (Å²) in [4.78, 5) is 16.7. The molecule has 0 aliphatic rings. The molecule has 4 aromatic rings. The van der Waals surface area contributed by atoms with E-state index >= 15 is 0 Å². The predicted molar refractivity (Wildman–Crippen MR) is 146 cm³/mol. The Balaban J connectivity index is 1.40. The Kier molecular flexibility index (Phi) is 8.77. The summed E-state index contributed by atoms with van der Waals surface area (Å²) in [7, 11) is 0. The van der Waals surface area contributed by atoms with Crippen LogP contribution in [0.3, 0.4) is 0 Å². The lowest BCUT2D eigenvalue weighted by Gasteiger charge is -2.17. The maximum absolute atomic E-state index is 12.5. The number of carbonyl (C=O) groups is 1. The van der Waals surface area contributed by atoms with Crippen molar-refractivity contribution in [3.8, 4) is 22.8 Å². The van der Waals surface area contributed by atoms with Crippen LogP contribution in [-0.4, -0.2) is 39.2 Å². The van der Waals surface area contributed by atoms with Crippen LogP contribution in [0.2, 0.25) is 10.0 Å². The molecule has 190 valence electrons. The molecule has 0 spiro atoms. The number of amides is 1. The SMILES string of the molecule is N=C(N)[C@H](Cc1ccccc1)NC(=O)CCCOc1cc(-c2cccnc2)nn1-c1ccc(Cl)c(Cl)c1. The van der Waals surface area contributed by atoms with Gasteiger partial charge >= 0.3 is 0 Å². The van der Waals surface area contributed by atoms with Crippen LogP contribution in [0.25, 0.3) is 16.9 Å². The topological polar surface area (TPSA) is 119 Å². The van der Waals surface area contributed by atoms with Gasteiger partial charge in [-0.25, -0.2) is 4.68 Å². The monoisotopic (exact) mass is 536 g/mol. The summed E-state index contributed by atoms with van der Waals surface area (Å²) in [6.07, 6.45) is 4.54. The fourth-order valence-electron chi connectivity index (χ4n) is 3.69. The number of nitrogens with two attached hydrogens (primary N) is 1. The van der Waals surface area contributed by atoms with Gasteiger partial charge in [0.05, 0.1) is 34.1 Å². The second-order valence-corrected chi connectivity index (χ2v) is 9.15. The normalized spacial score (nSPS) is 11.6. The molecule has 0 saturated carbocycles. The van der Waals surface area contributed by atoms with Crippen LogP contribution in [0.4, 0.5) is 0 Å². The molecule has 0 radical (unpaired) electrons. The zero-order chi connectivity index (χ0) is 26.2. The van der Waals surface area contributed by atoms with Crippen LogP contribution in [0.1, 0.15) is 18.4 Å². The molecule has 4 N–H and O–H groups in total. The fraction of sp³-hybridized carbons (Fsp3) is 0.185. The van der Waals surface area contributed by atoms with E-state index in [2.05, 4.69) is 15.4 Å². The van der Waals surface area contributed by atoms with Crippen molar-refractivity contribution in [2.24, 2.45) is 5.73 Å². The van der Waals surface area contributed by atoms with Crippen LogP contribution in [-0.2, 0) is 11.2 Å². The molecule has 1 amide bonds. The van der Waals surface area contributed by atoms with Crippen LogP contribution >= 0.6 is 23.2 Å². The maximum atomic E-state index is 12.5. The average Bonchev–Trinajstić information content (AvgIpc) is 3.33. The van der Waals surface area contributed by atoms with Crippen LogP contribution in [0.15, 0.2) is 79.1 Å². The Morgan fingerprint density at radius 3 is 2.59 bits per heavy atom. The molecule has 10 heteroatoms. The lowest BCUT2D eigenvalue weighted by molar-refractivity contribution is -0.121. The van der Waals surface area contributed by atoms with Gasteiger partial charge in [0.2, 0.25) is 11.8 Å². The van der Waals surface area contributed by atoms with E-state index in [9.17, 15) is 4.79 Å². The van der Waals surface area contributed by atoms with Gasteiger partial charge in [0.15, 0.2) is 0 Å². The number of benzene rings is 2. The molecule has 0 saturated heterocycles. The van der Waals surface area contributed by atoms with Gasteiger partial charge in [-0.2, -0.15) is 5.10 Å². The van der Waals surface area contributed by atoms with Crippen molar-refractivity contribution in [3.63, 3.8) is 0 Å². The van der Waals surface area contributed by atoms with Gasteiger partial charge in [-0.3, -0.25) is 15.2 Å². The molecule has 2 heterocycles. The van der Waals surface area contributed by atoms with Gasteiger partial charge < -0.3 is 15.8 Å². The highest BCUT2D eigenvalue weighted by molar-refractivity contribution is 6.42. The summed E-state index contributed by atoms with van der Waals surface area (Å²) < 4.78 is 7.65. The van der Waals surface area contributed by atoms with E-state index in [1.54, 1.807) is 35.3 Å². The zero-order valence-electron chi connectivity index (χ0n) is 19.9. The van der Waals surface area contributed by atoms with Crippen molar-refractivity contribution in [1.29, 1.82) is 5.41 Å². The molecule has 0 aliphatic heterocycles. The third-order valence-electron chi connectivity index (χ3n) is 5.57. The zero-order valence-corrected chi connectivity index (χ0v) is 21.4. The Morgan fingerprint density at radius 2 is 1.89 bits per heavy atom. The lowest BCUT2D eigenvalue weighted by atomic mass is 10.0. The van der Waals surface area contributed by atoms with Crippen molar-refractivity contribution in [2.75, 3.05) is 6.61 Å². The van der Waals surface area contributed by atoms with Crippen LogP contribution in [0, 0.1) is 5.41 Å². The Hall–Kier alpha value is -3.88. The van der Waals surface area contributed by atoms with Crippen molar-refractivity contribution < 1.29 is 9.53 Å². The number of nitrogens with zero attached hydrogens (tertiary/aromatic N) is 3. The van der Waals surface area contributed by atoms with E-state index in [1.807, 2.05) is 48.5 Å². The molecule has 0 fully saturated rings. The maximum Gasteiger partial charge on any atom is 0.220 e. The first kappa shape index (κ1) is 26.2. The average molecular weight is 537 g/mol. The largest absolute Gasteiger partial charge is 0.478 e. The highest BCUT2D eigenvalue weighted by Crippen LogP contribution is 2.29. The number of pyridine rings is 1. The van der Waals surface area contributed by atoms with Gasteiger partial charge in [0.25, 0.3) is 0 Å². The van der Waals surface area contributed by atoms with Gasteiger partial charge in [-0.05, 0) is 48.7 Å². The third kappa shape index (κ3) is 7.09. The summed E-state index contributed by atoms with van der Waals surface area (Å²) >= 11 is 12.3. The number of hydrogen-bond donors (Lipinski definition) is 3. The minimum atomic E-state index is -0.561. The first-order valence-electron chi connectivity index (χ1n) is 11.7. The molecule has 37 heavy (non-hydrogen) atoms. The summed E-state index contributed by atoms with van der Waals surface area (Å²) in [6, 6.07) is 19.8. The number of nitrogens with one attached hydrogen (secondary N) is 2. The van der Waals surface area contributed by atoms with Crippen LogP contribution < -0.4 is 15.8 Å². The molecular weight excluding hydrogens is 511 g/mol. The smallest absolute Gasteiger partial charge is 0.220 e. The molecule has 2 aromatic carbocycles. The van der Waals surface area contributed by atoms with E-state index in [0.717, 1.165) is 11.1 Å². The molecule has 1 atom stereocenters. The number of carbonyl (C=O) groups excluding carboxylic acids is 1. The summed E-state index contributed by atoms with van der Waals surface area (Å²) in [6.45, 7) is 0.274. The second-order valence-electron chi connectivity index (χ2n) is 8.34. The van der Waals surface area contributed by atoms with Crippen LogP contribution in [0.5, 0.6) is 5.88 Å². The molecule has 4 rings (SSSR count). The Bertz CT molecular complexity index is 1360. The minimum absolute atomic E-state index is 0.0816. The predicted octanol–water partition coefficient (Wildman–Crippen LogP) is 5.06. The molecule has 2 aromatic heterocycles. The van der Waals surface area contributed by atoms with Crippen molar-refractivity contribution in [1.82, 2.24) is 20.1 Å². The molecule has 8 nitrogen and oxygen atoms in total. The molecular formula is C27H26Cl2N6O2. The number of amidine groups is 1. The van der Waals surface area contributed by atoms with Gasteiger partial charge in [-0.1, -0.05) is 53.5 Å². The third-order valence-corrected chi connectivity index (χ3v) is 6.31. The van der Waals surface area contributed by atoms with Crippen molar-refractivity contribution in [3.05, 3.63) is 94.7 Å². The highest BCUT2D eigenvalue weighted by atomic mass is 35.5. The van der Waals surface area contributed by atoms with Gasteiger partial charge in [-0.15, -0.1) is 0 Å². The fourth-order valence-corrected chi connectivity index (χ4v) is 3.98. The van der Waals surface area contributed by atoms with E-state index < -0.39 is 6.04 Å². The van der Waals surface area contributed by atoms with Crippen molar-refractivity contribution in [2.45, 2.75) is 25.3 Å². The Morgan fingerprint density at radius 1 is 1.08 bits per heavy atom. The van der Waals surface area contributed by atoms with E-state index in [4.69, 9.17) is 39.1 Å². The lowest BCUT2D eigenvalue weighted by Crippen LogP contribution is -2.45. The highest BCUT2D eigenvalue weighted by Gasteiger charge is 2.17. The van der Waals surface area contributed by atoms with Gasteiger partial charge in [0, 0.05) is 30.4 Å². The number of hydrogen-bond acceptors (Lipinski definition) is 5. The van der Waals surface area contributed by atoms with E-state index in [1.165, 1.54) is 0 Å². The first-order valence-corrected chi connectivity index (χ1v) is 12.4. The summed E-state index contributed by atoms with van der Waals surface area (Å²) in [5.74, 6) is 0.207. The minimum Gasteiger partial charge on any atom is -0.478 e. The number of rotatable bonds is 11. The number of halogens is 2. The van der Waals surface area contributed by atoms with E-state index in [0.29, 0.717) is 40.1 Å². The first-order chi connectivity index (χ1) is 17.9. The van der Waals surface area contributed by atoms with Gasteiger partial charge in [0.1, 0.15) is 5.84 Å². The van der Waals surface area contributed by atoms with Crippen molar-refractivity contribution >= 4 is 34.9 Å². The number of ether oxygens (including phenoxy) is 1. The number of aromatic nitrogens is 3. The molecule has 0 unspecified atom stereocenters. The summed E-state index contributed by atoms with van der Waals surface area (Å²) in [5.41, 5.74) is 8.90. The second kappa shape index (κ2) is 12.4. The quantitative estimate of drug-likeness (QED) is 0.140. The Labute approximate surface area is 224 Å².